The van der Waals surface area contributed by atoms with Crippen LogP contribution in [0.1, 0.15) is 50.7 Å². The number of carbonyl (C=O) groups is 4. The van der Waals surface area contributed by atoms with E-state index in [1.54, 1.807) is 0 Å². The summed E-state index contributed by atoms with van der Waals surface area (Å²) >= 11 is 0. The van der Waals surface area contributed by atoms with Crippen LogP contribution in [-0.4, -0.2) is 76.0 Å². The van der Waals surface area contributed by atoms with Gasteiger partial charge in [0.1, 0.15) is 5.75 Å². The van der Waals surface area contributed by atoms with E-state index in [1.807, 2.05) is 24.3 Å². The van der Waals surface area contributed by atoms with Crippen LogP contribution in [0.4, 0.5) is 5.69 Å². The quantitative estimate of drug-likeness (QED) is 0.437. The normalized spacial score (nSPS) is 15.8. The molecule has 2 aliphatic heterocycles. The molecule has 10 heteroatoms. The molecule has 0 unspecified atom stereocenters. The molecule has 0 aliphatic carbocycles. The highest BCUT2D eigenvalue weighted by molar-refractivity contribution is 6.01. The van der Waals surface area contributed by atoms with Crippen molar-refractivity contribution in [2.24, 2.45) is 0 Å². The lowest BCUT2D eigenvalue weighted by Gasteiger charge is -2.37. The molecule has 2 aromatic rings. The summed E-state index contributed by atoms with van der Waals surface area (Å²) in [7, 11) is 0. The third-order valence-corrected chi connectivity index (χ3v) is 6.39. The van der Waals surface area contributed by atoms with Crippen LogP contribution in [0.2, 0.25) is 0 Å². The number of piperazine rings is 1. The van der Waals surface area contributed by atoms with Crippen molar-refractivity contribution in [2.75, 3.05) is 31.1 Å². The molecule has 0 radical (unpaired) electrons. The van der Waals surface area contributed by atoms with Crippen molar-refractivity contribution in [3.8, 4) is 5.75 Å². The van der Waals surface area contributed by atoms with Gasteiger partial charge in [-0.05, 0) is 37.1 Å². The molecule has 0 atom stereocenters. The number of para-hydroxylation sites is 2. The van der Waals surface area contributed by atoms with E-state index in [-0.39, 0.29) is 30.8 Å². The summed E-state index contributed by atoms with van der Waals surface area (Å²) in [6.45, 7) is 9.22. The van der Waals surface area contributed by atoms with Crippen molar-refractivity contribution in [1.82, 2.24) is 9.80 Å². The van der Waals surface area contributed by atoms with Crippen LogP contribution in [0.5, 0.6) is 5.75 Å². The number of ether oxygens (including phenoxy) is 1. The molecule has 4 rings (SSSR count). The van der Waals surface area contributed by atoms with Gasteiger partial charge in [-0.1, -0.05) is 36.4 Å². The molecular formula is C29H37N3O7. The molecule has 2 heterocycles. The highest BCUT2D eigenvalue weighted by atomic mass is 16.5. The van der Waals surface area contributed by atoms with E-state index in [1.165, 1.54) is 10.5 Å². The van der Waals surface area contributed by atoms with Gasteiger partial charge in [0.2, 0.25) is 11.8 Å². The third-order valence-electron chi connectivity index (χ3n) is 6.39. The molecular weight excluding hydrogens is 502 g/mol. The topological polar surface area (TPSA) is 128 Å². The largest absolute Gasteiger partial charge is 0.489 e. The average Bonchev–Trinajstić information content (AvgIpc) is 3.21. The lowest BCUT2D eigenvalue weighted by molar-refractivity contribution is -0.143. The van der Waals surface area contributed by atoms with E-state index in [4.69, 9.17) is 14.9 Å². The van der Waals surface area contributed by atoms with Crippen LogP contribution < -0.4 is 9.64 Å². The maximum Gasteiger partial charge on any atom is 0.303 e. The summed E-state index contributed by atoms with van der Waals surface area (Å²) in [5, 5.41) is 15.8. The van der Waals surface area contributed by atoms with Crippen molar-refractivity contribution in [2.45, 2.75) is 58.7 Å². The van der Waals surface area contributed by atoms with Crippen LogP contribution in [0.15, 0.2) is 48.5 Å². The van der Waals surface area contributed by atoms with Crippen molar-refractivity contribution in [3.05, 3.63) is 59.7 Å². The number of imide groups is 1. The van der Waals surface area contributed by atoms with E-state index in [0.717, 1.165) is 49.7 Å². The Labute approximate surface area is 228 Å². The number of carbonyl (C=O) groups excluding carboxylic acids is 2. The minimum absolute atomic E-state index is 0.0618. The Bertz CT molecular complexity index is 1130. The lowest BCUT2D eigenvalue weighted by atomic mass is 10.1. The molecule has 39 heavy (non-hydrogen) atoms. The third kappa shape index (κ3) is 9.40. The van der Waals surface area contributed by atoms with Crippen molar-refractivity contribution >= 4 is 29.4 Å². The van der Waals surface area contributed by atoms with E-state index < -0.39 is 11.9 Å². The zero-order valence-corrected chi connectivity index (χ0v) is 22.5. The summed E-state index contributed by atoms with van der Waals surface area (Å²) < 4.78 is 6.00. The van der Waals surface area contributed by atoms with Gasteiger partial charge < -0.3 is 19.8 Å². The van der Waals surface area contributed by atoms with Gasteiger partial charge in [-0.25, -0.2) is 0 Å². The molecule has 2 aliphatic rings. The molecule has 0 spiro atoms. The lowest BCUT2D eigenvalue weighted by Crippen LogP contribution is -2.46. The summed E-state index contributed by atoms with van der Waals surface area (Å²) in [4.78, 5) is 49.3. The predicted octanol–water partition coefficient (Wildman–Crippen LogP) is 3.38. The van der Waals surface area contributed by atoms with Gasteiger partial charge in [0, 0.05) is 45.6 Å². The maximum atomic E-state index is 11.9. The number of carboxylic acids is 2. The first-order valence-corrected chi connectivity index (χ1v) is 13.2. The number of amides is 2. The highest BCUT2D eigenvalue weighted by Gasteiger charge is 2.28. The second-order valence-electron chi connectivity index (χ2n) is 9.88. The number of likely N-dealkylation sites (tertiary alicyclic amines) is 1. The molecule has 2 fully saturated rings. The van der Waals surface area contributed by atoms with Gasteiger partial charge in [-0.15, -0.1) is 0 Å². The SMILES string of the molecule is CC(C)Oc1ccccc1N1CCN(Cc2cccc(CN3C(=O)CCC3=O)c2)CC1.O=C(O)CCC(=O)O. The molecule has 2 aromatic carbocycles. The van der Waals surface area contributed by atoms with E-state index in [0.29, 0.717) is 19.4 Å². The first-order chi connectivity index (χ1) is 18.6. The standard InChI is InChI=1S/C25H31N3O3.C4H6O4/c1-19(2)31-23-9-4-3-8-22(23)27-14-12-26(13-15-27)17-20-6-5-7-21(16-20)18-28-24(29)10-11-25(28)30;5-3(6)1-2-4(7)8/h3-9,16,19H,10-15,17-18H2,1-2H3;1-2H2,(H,5,6)(H,7,8). The van der Waals surface area contributed by atoms with Crippen LogP contribution >= 0.6 is 0 Å². The van der Waals surface area contributed by atoms with Gasteiger partial charge >= 0.3 is 11.9 Å². The number of rotatable bonds is 10. The van der Waals surface area contributed by atoms with Crippen LogP contribution in [0.3, 0.4) is 0 Å². The second kappa shape index (κ2) is 14.3. The van der Waals surface area contributed by atoms with Gasteiger partial charge in [0.25, 0.3) is 0 Å². The smallest absolute Gasteiger partial charge is 0.303 e. The summed E-state index contributed by atoms with van der Waals surface area (Å²) in [5.74, 6) is -1.33. The molecule has 2 amide bonds. The van der Waals surface area contributed by atoms with Crippen molar-refractivity contribution in [3.63, 3.8) is 0 Å². The van der Waals surface area contributed by atoms with Gasteiger partial charge in [-0.3, -0.25) is 29.0 Å². The van der Waals surface area contributed by atoms with Crippen LogP contribution in [0, 0.1) is 0 Å². The van der Waals surface area contributed by atoms with E-state index in [2.05, 4.69) is 47.9 Å². The Morgan fingerprint density at radius 1 is 0.821 bits per heavy atom. The van der Waals surface area contributed by atoms with Crippen LogP contribution in [-0.2, 0) is 32.3 Å². The zero-order chi connectivity index (χ0) is 28.4. The number of nitrogens with zero attached hydrogens (tertiary/aromatic N) is 3. The molecule has 10 nitrogen and oxygen atoms in total. The van der Waals surface area contributed by atoms with E-state index >= 15 is 0 Å². The average molecular weight is 540 g/mol. The zero-order valence-electron chi connectivity index (χ0n) is 22.5. The monoisotopic (exact) mass is 539 g/mol. The first kappa shape index (κ1) is 29.6. The fourth-order valence-electron chi connectivity index (χ4n) is 4.50. The summed E-state index contributed by atoms with van der Waals surface area (Å²) in [5.41, 5.74) is 3.39. The Kier molecular flexibility index (Phi) is 10.9. The molecule has 2 saturated heterocycles. The van der Waals surface area contributed by atoms with Crippen molar-refractivity contribution < 1.29 is 34.1 Å². The molecule has 210 valence electrons. The number of carboxylic acid groups (broad SMARTS) is 2. The first-order valence-electron chi connectivity index (χ1n) is 13.2. The minimum Gasteiger partial charge on any atom is -0.489 e. The molecule has 0 aromatic heterocycles. The van der Waals surface area contributed by atoms with Gasteiger partial charge in [0.05, 0.1) is 31.2 Å². The number of anilines is 1. The fraction of sp³-hybridized carbons (Fsp3) is 0.448. The number of hydrogen-bond acceptors (Lipinski definition) is 7. The second-order valence-corrected chi connectivity index (χ2v) is 9.88. The highest BCUT2D eigenvalue weighted by Crippen LogP contribution is 2.30. The fourth-order valence-corrected chi connectivity index (χ4v) is 4.50. The number of aliphatic carboxylic acids is 2. The Hall–Kier alpha value is -3.92. The Balaban J connectivity index is 0.000000459. The number of hydrogen-bond donors (Lipinski definition) is 2. The Morgan fingerprint density at radius 2 is 1.38 bits per heavy atom. The van der Waals surface area contributed by atoms with Crippen molar-refractivity contribution in [1.29, 1.82) is 0 Å². The molecule has 0 saturated carbocycles. The van der Waals surface area contributed by atoms with Gasteiger partial charge in [-0.2, -0.15) is 0 Å². The van der Waals surface area contributed by atoms with E-state index in [9.17, 15) is 19.2 Å². The molecule has 0 bridgehead atoms. The van der Waals surface area contributed by atoms with Gasteiger partial charge in [0.15, 0.2) is 0 Å². The molecule has 2 N–H and O–H groups in total. The Morgan fingerprint density at radius 3 is 1.95 bits per heavy atom. The maximum absolute atomic E-state index is 11.9. The predicted molar refractivity (Wildman–Crippen MR) is 145 cm³/mol. The minimum atomic E-state index is -1.08. The summed E-state index contributed by atoms with van der Waals surface area (Å²) in [6, 6.07) is 16.5. The van der Waals surface area contributed by atoms with Crippen LogP contribution in [0.25, 0.3) is 0 Å². The number of benzene rings is 2. The summed E-state index contributed by atoms with van der Waals surface area (Å²) in [6.07, 6.45) is 0.244.